The van der Waals surface area contributed by atoms with Crippen LogP contribution in [0.1, 0.15) is 17.2 Å². The highest BCUT2D eigenvalue weighted by atomic mass is 31.1. The predicted octanol–water partition coefficient (Wildman–Crippen LogP) is 3.34. The lowest BCUT2D eigenvalue weighted by Gasteiger charge is -2.16. The summed E-state index contributed by atoms with van der Waals surface area (Å²) in [5, 5.41) is 2.62. The summed E-state index contributed by atoms with van der Waals surface area (Å²) in [5.41, 5.74) is 1.77. The Hall–Kier alpha value is -2.10. The first-order valence-corrected chi connectivity index (χ1v) is 7.82. The van der Waals surface area contributed by atoms with Gasteiger partial charge in [-0.1, -0.05) is 60.7 Å². The Balaban J connectivity index is 1.81. The van der Waals surface area contributed by atoms with Gasteiger partial charge in [0.2, 0.25) is 0 Å². The van der Waals surface area contributed by atoms with E-state index < -0.39 is 20.9 Å². The molecule has 0 saturated carbocycles. The van der Waals surface area contributed by atoms with Gasteiger partial charge in [0, 0.05) is 0 Å². The maximum Gasteiger partial charge on any atom is 0.407 e. The van der Waals surface area contributed by atoms with E-state index >= 15 is 0 Å². The van der Waals surface area contributed by atoms with Crippen LogP contribution in [0, 0.1) is 0 Å². The Bertz CT molecular complexity index is 592. The van der Waals surface area contributed by atoms with Gasteiger partial charge < -0.3 is 14.6 Å². The predicted molar refractivity (Wildman–Crippen MR) is 85.3 cm³/mol. The third kappa shape index (κ3) is 5.35. The zero-order chi connectivity index (χ0) is 15.6. The number of carbonyl (C=O) groups excluding carboxylic acids is 1. The number of hydrogen-bond donors (Lipinski definition) is 1. The van der Waals surface area contributed by atoms with Gasteiger partial charge in [-0.2, -0.15) is 0 Å². The van der Waals surface area contributed by atoms with Crippen molar-refractivity contribution in [3.05, 3.63) is 71.8 Å². The zero-order valence-electron chi connectivity index (χ0n) is 12.0. The van der Waals surface area contributed by atoms with E-state index in [4.69, 9.17) is 9.26 Å². The van der Waals surface area contributed by atoms with Crippen LogP contribution in [0.5, 0.6) is 0 Å². The smallest absolute Gasteiger partial charge is 0.407 e. The molecule has 0 aliphatic rings. The molecule has 0 aromatic heterocycles. The van der Waals surface area contributed by atoms with E-state index in [0.29, 0.717) is 0 Å². The second kappa shape index (κ2) is 9.03. The largest absolute Gasteiger partial charge is 0.445 e. The molecule has 2 rings (SSSR count). The molecule has 0 spiro atoms. The quantitative estimate of drug-likeness (QED) is 0.795. The van der Waals surface area contributed by atoms with E-state index in [9.17, 15) is 9.36 Å². The topological polar surface area (TPSA) is 64.6 Å². The molecule has 2 aromatic rings. The van der Waals surface area contributed by atoms with Crippen molar-refractivity contribution >= 4 is 14.8 Å². The van der Waals surface area contributed by atoms with Crippen molar-refractivity contribution in [3.8, 4) is 0 Å². The maximum absolute atomic E-state index is 11.7. The number of hydrogen-bond acceptors (Lipinski definition) is 4. The molecule has 6 heteroatoms. The van der Waals surface area contributed by atoms with Crippen LogP contribution in [-0.4, -0.2) is 12.6 Å². The van der Waals surface area contributed by atoms with Crippen molar-refractivity contribution in [3.63, 3.8) is 0 Å². The van der Waals surface area contributed by atoms with Crippen LogP contribution >= 0.6 is 8.69 Å². The third-order valence-electron chi connectivity index (χ3n) is 3.04. The Kier molecular flexibility index (Phi) is 6.68. The van der Waals surface area contributed by atoms with Gasteiger partial charge in [-0.15, -0.1) is 0 Å². The summed E-state index contributed by atoms with van der Waals surface area (Å²) in [6.45, 7) is 0.406. The van der Waals surface area contributed by atoms with Gasteiger partial charge in [0.1, 0.15) is 12.7 Å². The van der Waals surface area contributed by atoms with Gasteiger partial charge in [-0.3, -0.25) is 4.57 Å². The van der Waals surface area contributed by atoms with Gasteiger partial charge in [0.15, 0.2) is 8.69 Å². The summed E-state index contributed by atoms with van der Waals surface area (Å²) in [6, 6.07) is 18.7. The van der Waals surface area contributed by atoms with E-state index in [1.165, 1.54) is 0 Å². The molecule has 1 N–H and O–H groups in total. The van der Waals surface area contributed by atoms with Gasteiger partial charge in [-0.25, -0.2) is 4.79 Å². The number of alkyl carbamates (subject to hydrolysis) is 1. The first-order chi connectivity index (χ1) is 10.8. The van der Waals surface area contributed by atoms with Crippen LogP contribution in [0.15, 0.2) is 60.7 Å². The van der Waals surface area contributed by atoms with Crippen LogP contribution in [0.25, 0.3) is 0 Å². The fourth-order valence-electron chi connectivity index (χ4n) is 1.93. The number of benzene rings is 2. The SMILES string of the molecule is O=[PH2]OC(CNC(=O)OCc1ccccc1)c1ccccc1. The monoisotopic (exact) mass is 319 g/mol. The van der Waals surface area contributed by atoms with Crippen LogP contribution in [-0.2, 0) is 20.4 Å². The summed E-state index contributed by atoms with van der Waals surface area (Å²) in [6.07, 6.45) is -0.979. The number of amides is 1. The molecule has 0 aliphatic heterocycles. The number of rotatable bonds is 7. The van der Waals surface area contributed by atoms with Gasteiger partial charge >= 0.3 is 6.09 Å². The van der Waals surface area contributed by atoms with E-state index in [-0.39, 0.29) is 13.2 Å². The molecule has 0 radical (unpaired) electrons. The van der Waals surface area contributed by atoms with Gasteiger partial charge in [-0.05, 0) is 11.1 Å². The summed E-state index contributed by atoms with van der Waals surface area (Å²) in [7, 11) is -1.36. The number of carbonyl (C=O) groups is 1. The van der Waals surface area contributed by atoms with Crippen molar-refractivity contribution in [1.29, 1.82) is 0 Å². The van der Waals surface area contributed by atoms with Crippen molar-refractivity contribution < 1.29 is 18.6 Å². The average Bonchev–Trinajstić information content (AvgIpc) is 2.58. The van der Waals surface area contributed by atoms with E-state index in [1.807, 2.05) is 60.7 Å². The molecule has 0 heterocycles. The first-order valence-electron chi connectivity index (χ1n) is 6.88. The minimum atomic E-state index is -1.36. The summed E-state index contributed by atoms with van der Waals surface area (Å²) in [4.78, 5) is 11.7. The molecule has 0 fully saturated rings. The molecule has 2 aromatic carbocycles. The zero-order valence-corrected chi connectivity index (χ0v) is 13.1. The third-order valence-corrected chi connectivity index (χ3v) is 3.48. The van der Waals surface area contributed by atoms with Crippen molar-refractivity contribution in [2.45, 2.75) is 12.7 Å². The van der Waals surface area contributed by atoms with Crippen molar-refractivity contribution in [2.75, 3.05) is 6.54 Å². The summed E-state index contributed by atoms with van der Waals surface area (Å²) < 4.78 is 21.1. The molecular weight excluding hydrogens is 301 g/mol. The normalized spacial score (nSPS) is 12.2. The van der Waals surface area contributed by atoms with Gasteiger partial charge in [0.05, 0.1) is 6.54 Å². The molecule has 116 valence electrons. The van der Waals surface area contributed by atoms with Crippen LogP contribution < -0.4 is 5.32 Å². The molecule has 2 unspecified atom stereocenters. The summed E-state index contributed by atoms with van der Waals surface area (Å²) >= 11 is 0. The van der Waals surface area contributed by atoms with Crippen molar-refractivity contribution in [2.24, 2.45) is 0 Å². The van der Waals surface area contributed by atoms with E-state index in [1.54, 1.807) is 0 Å². The standard InChI is InChI=1S/C16H18NO4P/c18-16(20-12-13-7-3-1-4-8-13)17-11-15(21-22-19)14-9-5-2-6-10-14/h1-10,15H,11-12,22H2,(H,17,18). The molecule has 0 aliphatic carbocycles. The molecule has 0 saturated heterocycles. The van der Waals surface area contributed by atoms with E-state index in [0.717, 1.165) is 11.1 Å². The minimum absolute atomic E-state index is 0.201. The lowest BCUT2D eigenvalue weighted by Crippen LogP contribution is -2.29. The number of ether oxygens (including phenoxy) is 1. The second-order valence-electron chi connectivity index (χ2n) is 4.57. The van der Waals surface area contributed by atoms with Crippen LogP contribution in [0.3, 0.4) is 0 Å². The Labute approximate surface area is 130 Å². The Morgan fingerprint density at radius 3 is 2.32 bits per heavy atom. The minimum Gasteiger partial charge on any atom is -0.445 e. The molecule has 0 bridgehead atoms. The van der Waals surface area contributed by atoms with Crippen molar-refractivity contribution in [1.82, 2.24) is 5.32 Å². The highest BCUT2D eigenvalue weighted by Gasteiger charge is 2.13. The average molecular weight is 319 g/mol. The van der Waals surface area contributed by atoms with Crippen LogP contribution in [0.2, 0.25) is 0 Å². The second-order valence-corrected chi connectivity index (χ2v) is 5.04. The fraction of sp³-hybridized carbons (Fsp3) is 0.188. The van der Waals surface area contributed by atoms with Gasteiger partial charge in [0.25, 0.3) is 0 Å². The maximum atomic E-state index is 11.7. The fourth-order valence-corrected chi connectivity index (χ4v) is 2.32. The molecule has 1 amide bonds. The first kappa shape index (κ1) is 16.3. The number of nitrogens with one attached hydrogen (secondary N) is 1. The van der Waals surface area contributed by atoms with Crippen LogP contribution in [0.4, 0.5) is 4.79 Å². The molecular formula is C16H18NO4P. The molecule has 5 nitrogen and oxygen atoms in total. The Morgan fingerprint density at radius 2 is 1.68 bits per heavy atom. The highest BCUT2D eigenvalue weighted by molar-refractivity contribution is 7.17. The Morgan fingerprint density at radius 1 is 1.05 bits per heavy atom. The molecule has 2 atom stereocenters. The lowest BCUT2D eigenvalue weighted by atomic mass is 10.1. The van der Waals surface area contributed by atoms with E-state index in [2.05, 4.69) is 5.32 Å². The molecule has 22 heavy (non-hydrogen) atoms. The summed E-state index contributed by atoms with van der Waals surface area (Å²) in [5.74, 6) is 0. The lowest BCUT2D eigenvalue weighted by molar-refractivity contribution is 0.132. The highest BCUT2D eigenvalue weighted by Crippen LogP contribution is 2.20.